The van der Waals surface area contributed by atoms with Gasteiger partial charge in [-0.25, -0.2) is 0 Å². The zero-order chi connectivity index (χ0) is 37.7. The lowest BCUT2D eigenvalue weighted by Gasteiger charge is -2.30. The van der Waals surface area contributed by atoms with Gasteiger partial charge in [0.1, 0.15) is 5.58 Å². The second-order valence-corrected chi connectivity index (χ2v) is 14.6. The van der Waals surface area contributed by atoms with E-state index in [0.717, 1.165) is 66.8 Å². The topological polar surface area (TPSA) is 19.6 Å². The van der Waals surface area contributed by atoms with Crippen molar-refractivity contribution in [1.82, 2.24) is 0 Å². The monoisotopic (exact) mass is 728 g/mol. The Kier molecular flexibility index (Phi) is 7.82. The Morgan fingerprint density at radius 3 is 1.58 bits per heavy atom. The number of para-hydroxylation sites is 2. The predicted octanol–water partition coefficient (Wildman–Crippen LogP) is 15.7. The minimum atomic E-state index is 0.834. The summed E-state index contributed by atoms with van der Waals surface area (Å²) in [5, 5.41) is 9.13. The average Bonchev–Trinajstić information content (AvgIpc) is 3.67. The number of hydrogen-bond donors (Lipinski definition) is 0. The van der Waals surface area contributed by atoms with Crippen LogP contribution in [-0.2, 0) is 0 Å². The van der Waals surface area contributed by atoms with E-state index in [9.17, 15) is 0 Å². The zero-order valence-electron chi connectivity index (χ0n) is 31.1. The highest BCUT2D eigenvalue weighted by molar-refractivity contribution is 6.19. The lowest BCUT2D eigenvalue weighted by atomic mass is 10.0. The summed E-state index contributed by atoms with van der Waals surface area (Å²) in [5.74, 6) is 0. The molecule has 1 aromatic heterocycles. The molecule has 1 heterocycles. The fraction of sp³-hybridized carbons (Fsp3) is 0. The molecule has 0 spiro atoms. The first-order valence-corrected chi connectivity index (χ1v) is 19.4. The second kappa shape index (κ2) is 13.6. The van der Waals surface area contributed by atoms with Gasteiger partial charge in [-0.2, -0.15) is 0 Å². The summed E-state index contributed by atoms with van der Waals surface area (Å²) in [4.78, 5) is 4.72. The van der Waals surface area contributed by atoms with Crippen LogP contribution in [0.1, 0.15) is 0 Å². The quantitative estimate of drug-likeness (QED) is 0.163. The van der Waals surface area contributed by atoms with E-state index in [1.807, 2.05) is 0 Å². The van der Waals surface area contributed by atoms with Gasteiger partial charge in [0.25, 0.3) is 0 Å². The van der Waals surface area contributed by atoms with Crippen LogP contribution in [-0.4, -0.2) is 0 Å². The van der Waals surface area contributed by atoms with Crippen molar-refractivity contribution >= 4 is 88.4 Å². The van der Waals surface area contributed by atoms with Gasteiger partial charge in [0.05, 0.1) is 5.69 Å². The van der Waals surface area contributed by atoms with Gasteiger partial charge < -0.3 is 14.2 Å². The van der Waals surface area contributed by atoms with Crippen molar-refractivity contribution in [3.8, 4) is 11.1 Å². The molecule has 268 valence electrons. The van der Waals surface area contributed by atoms with Crippen molar-refractivity contribution in [3.05, 3.63) is 218 Å². The SMILES string of the molecule is c1ccc(-c2ccc3ccc(N(c4ccccc4)c4cc(N(c5ccccc5)c5ccc6ccccc6c5)c5oc6c7ccccc7ccc6c5c4)cc3c2)cc1. The van der Waals surface area contributed by atoms with Gasteiger partial charge in [0.15, 0.2) is 5.58 Å². The molecule has 0 saturated heterocycles. The van der Waals surface area contributed by atoms with Crippen LogP contribution in [0.4, 0.5) is 34.1 Å². The van der Waals surface area contributed by atoms with E-state index in [4.69, 9.17) is 4.42 Å². The van der Waals surface area contributed by atoms with E-state index >= 15 is 0 Å². The highest BCUT2D eigenvalue weighted by atomic mass is 16.3. The summed E-state index contributed by atoms with van der Waals surface area (Å²) in [6.45, 7) is 0. The molecule has 11 aromatic rings. The third-order valence-electron chi connectivity index (χ3n) is 11.1. The molecule has 3 heteroatoms. The Bertz CT molecular complexity index is 3240. The van der Waals surface area contributed by atoms with Crippen LogP contribution < -0.4 is 9.80 Å². The minimum Gasteiger partial charge on any atom is -0.453 e. The van der Waals surface area contributed by atoms with Crippen LogP contribution in [0.15, 0.2) is 223 Å². The van der Waals surface area contributed by atoms with E-state index in [1.165, 1.54) is 32.7 Å². The first kappa shape index (κ1) is 32.8. The van der Waals surface area contributed by atoms with Gasteiger partial charge in [-0.3, -0.25) is 0 Å². The molecule has 0 aliphatic carbocycles. The lowest BCUT2D eigenvalue weighted by molar-refractivity contribution is 0.673. The number of furan rings is 1. The van der Waals surface area contributed by atoms with Crippen molar-refractivity contribution in [1.29, 1.82) is 0 Å². The summed E-state index contributed by atoms with van der Waals surface area (Å²) >= 11 is 0. The fourth-order valence-electron chi connectivity index (χ4n) is 8.40. The Hall–Kier alpha value is -7.62. The lowest BCUT2D eigenvalue weighted by Crippen LogP contribution is -2.13. The highest BCUT2D eigenvalue weighted by Crippen LogP contribution is 2.48. The first-order chi connectivity index (χ1) is 28.2. The minimum absolute atomic E-state index is 0.834. The van der Waals surface area contributed by atoms with Crippen LogP contribution in [0.3, 0.4) is 0 Å². The molecule has 3 nitrogen and oxygen atoms in total. The summed E-state index contributed by atoms with van der Waals surface area (Å²) < 4.78 is 7.11. The second-order valence-electron chi connectivity index (χ2n) is 14.6. The molecular formula is C54H36N2O. The van der Waals surface area contributed by atoms with Crippen LogP contribution in [0.2, 0.25) is 0 Å². The first-order valence-electron chi connectivity index (χ1n) is 19.4. The molecule has 11 rings (SSSR count). The van der Waals surface area contributed by atoms with Crippen LogP contribution in [0, 0.1) is 0 Å². The maximum Gasteiger partial charge on any atom is 0.159 e. The molecule has 0 N–H and O–H groups in total. The van der Waals surface area contributed by atoms with E-state index in [1.54, 1.807) is 0 Å². The molecule has 0 bridgehead atoms. The van der Waals surface area contributed by atoms with Crippen molar-refractivity contribution in [2.45, 2.75) is 0 Å². The number of anilines is 6. The third kappa shape index (κ3) is 5.76. The summed E-state index contributed by atoms with van der Waals surface area (Å²) in [6, 6.07) is 78.2. The van der Waals surface area contributed by atoms with E-state index in [2.05, 4.69) is 228 Å². The summed E-state index contributed by atoms with van der Waals surface area (Å²) in [5.41, 5.74) is 10.3. The molecule has 0 unspecified atom stereocenters. The number of rotatable bonds is 7. The Morgan fingerprint density at radius 1 is 0.263 bits per heavy atom. The predicted molar refractivity (Wildman–Crippen MR) is 241 cm³/mol. The number of fused-ring (bicyclic) bond motifs is 7. The smallest absolute Gasteiger partial charge is 0.159 e. The number of benzene rings is 10. The van der Waals surface area contributed by atoms with Gasteiger partial charge >= 0.3 is 0 Å². The maximum absolute atomic E-state index is 7.11. The van der Waals surface area contributed by atoms with Crippen molar-refractivity contribution in [3.63, 3.8) is 0 Å². The van der Waals surface area contributed by atoms with Gasteiger partial charge in [-0.1, -0.05) is 146 Å². The van der Waals surface area contributed by atoms with E-state index in [-0.39, 0.29) is 0 Å². The number of nitrogens with zero attached hydrogens (tertiary/aromatic N) is 2. The van der Waals surface area contributed by atoms with Crippen molar-refractivity contribution < 1.29 is 4.42 Å². The van der Waals surface area contributed by atoms with E-state index < -0.39 is 0 Å². The van der Waals surface area contributed by atoms with Gasteiger partial charge in [-0.15, -0.1) is 0 Å². The molecule has 0 aliphatic rings. The molecule has 0 aliphatic heterocycles. The van der Waals surface area contributed by atoms with Crippen LogP contribution >= 0.6 is 0 Å². The third-order valence-corrected chi connectivity index (χ3v) is 11.1. The molecule has 0 amide bonds. The Labute approximate surface area is 330 Å². The molecular weight excluding hydrogens is 693 g/mol. The van der Waals surface area contributed by atoms with E-state index in [0.29, 0.717) is 0 Å². The summed E-state index contributed by atoms with van der Waals surface area (Å²) in [7, 11) is 0. The maximum atomic E-state index is 7.11. The standard InChI is InChI=1S/C54H36N2O/c1-4-14-37(15-5-1)42-25-24-39-27-29-46(34-43(39)32-42)55(44-19-6-2-7-20-44)48-35-51-50-31-28-40-17-12-13-23-49(40)53(50)57-54(51)52(36-48)56(45-21-8-3-9-22-45)47-30-26-38-16-10-11-18-41(38)33-47/h1-36H. The van der Waals surface area contributed by atoms with Crippen LogP contribution in [0.5, 0.6) is 0 Å². The number of hydrogen-bond acceptors (Lipinski definition) is 3. The fourth-order valence-corrected chi connectivity index (χ4v) is 8.40. The highest BCUT2D eigenvalue weighted by Gasteiger charge is 2.24. The van der Waals surface area contributed by atoms with Crippen molar-refractivity contribution in [2.24, 2.45) is 0 Å². The average molecular weight is 729 g/mol. The van der Waals surface area contributed by atoms with Gasteiger partial charge in [0.2, 0.25) is 0 Å². The van der Waals surface area contributed by atoms with Gasteiger partial charge in [-0.05, 0) is 111 Å². The molecule has 10 aromatic carbocycles. The normalized spacial score (nSPS) is 11.5. The van der Waals surface area contributed by atoms with Crippen molar-refractivity contribution in [2.75, 3.05) is 9.80 Å². The zero-order valence-corrected chi connectivity index (χ0v) is 31.1. The largest absolute Gasteiger partial charge is 0.453 e. The molecule has 0 fully saturated rings. The molecule has 0 radical (unpaired) electrons. The molecule has 0 atom stereocenters. The van der Waals surface area contributed by atoms with Gasteiger partial charge in [0, 0.05) is 44.6 Å². The molecule has 57 heavy (non-hydrogen) atoms. The molecule has 0 saturated carbocycles. The summed E-state index contributed by atoms with van der Waals surface area (Å²) in [6.07, 6.45) is 0. The van der Waals surface area contributed by atoms with Crippen LogP contribution in [0.25, 0.3) is 65.4 Å². The Morgan fingerprint density at radius 2 is 0.825 bits per heavy atom. The Balaban J connectivity index is 1.20.